The normalized spacial score (nSPS) is 15.4. The van der Waals surface area contributed by atoms with E-state index >= 15 is 0 Å². The fraction of sp³-hybridized carbons (Fsp3) is 0.652. The van der Waals surface area contributed by atoms with Gasteiger partial charge >= 0.3 is 0 Å². The van der Waals surface area contributed by atoms with E-state index in [4.69, 9.17) is 9.73 Å². The Morgan fingerprint density at radius 3 is 2.43 bits per heavy atom. The largest absolute Gasteiger partial charge is 0.385 e. The molecule has 30 heavy (non-hydrogen) atoms. The molecule has 3 N–H and O–H groups in total. The maximum absolute atomic E-state index is 11.7. The predicted molar refractivity (Wildman–Crippen MR) is 136 cm³/mol. The SMILES string of the molecule is CCCC(=O)Nc1ccc(CN=C(NCC)NCC2(CCOC)CCCC2)cc1.I. The van der Waals surface area contributed by atoms with Gasteiger partial charge in [-0.1, -0.05) is 31.9 Å². The van der Waals surface area contributed by atoms with Crippen LogP contribution in [0, 0.1) is 5.41 Å². The maximum Gasteiger partial charge on any atom is 0.224 e. The first-order chi connectivity index (χ1) is 14.1. The molecule has 1 aromatic rings. The highest BCUT2D eigenvalue weighted by molar-refractivity contribution is 14.0. The minimum Gasteiger partial charge on any atom is -0.385 e. The number of amides is 1. The van der Waals surface area contributed by atoms with Crippen molar-refractivity contribution in [3.63, 3.8) is 0 Å². The topological polar surface area (TPSA) is 74.8 Å². The van der Waals surface area contributed by atoms with Crippen molar-refractivity contribution in [3.8, 4) is 0 Å². The van der Waals surface area contributed by atoms with Crippen molar-refractivity contribution in [2.24, 2.45) is 10.4 Å². The number of nitrogens with zero attached hydrogens (tertiary/aromatic N) is 1. The molecule has 0 saturated heterocycles. The summed E-state index contributed by atoms with van der Waals surface area (Å²) >= 11 is 0. The van der Waals surface area contributed by atoms with Crippen LogP contribution in [-0.4, -0.2) is 38.7 Å². The Bertz CT molecular complexity index is 643. The van der Waals surface area contributed by atoms with Gasteiger partial charge in [0.2, 0.25) is 5.91 Å². The first kappa shape index (κ1) is 26.7. The molecule has 0 unspecified atom stereocenters. The molecular formula is C23H39IN4O2. The molecular weight excluding hydrogens is 491 g/mol. The second-order valence-electron chi connectivity index (χ2n) is 7.99. The van der Waals surface area contributed by atoms with E-state index in [-0.39, 0.29) is 29.9 Å². The number of halogens is 1. The molecule has 0 aromatic heterocycles. The number of carbonyl (C=O) groups is 1. The van der Waals surface area contributed by atoms with E-state index in [0.29, 0.717) is 18.4 Å². The number of carbonyl (C=O) groups excluding carboxylic acids is 1. The van der Waals surface area contributed by atoms with Crippen molar-refractivity contribution in [2.75, 3.05) is 32.1 Å². The van der Waals surface area contributed by atoms with Gasteiger partial charge in [-0.2, -0.15) is 0 Å². The quantitative estimate of drug-likeness (QED) is 0.221. The van der Waals surface area contributed by atoms with E-state index in [1.807, 2.05) is 31.2 Å². The number of benzene rings is 1. The van der Waals surface area contributed by atoms with Gasteiger partial charge in [-0.3, -0.25) is 4.79 Å². The lowest BCUT2D eigenvalue weighted by atomic mass is 9.83. The molecule has 7 heteroatoms. The zero-order valence-electron chi connectivity index (χ0n) is 18.8. The number of aliphatic imine (C=N–C) groups is 1. The minimum absolute atomic E-state index is 0. The molecule has 1 aliphatic rings. The lowest BCUT2D eigenvalue weighted by Gasteiger charge is -2.30. The van der Waals surface area contributed by atoms with Gasteiger partial charge in [0.15, 0.2) is 5.96 Å². The molecule has 1 amide bonds. The van der Waals surface area contributed by atoms with Crippen LogP contribution in [0.4, 0.5) is 5.69 Å². The molecule has 1 aliphatic carbocycles. The van der Waals surface area contributed by atoms with E-state index < -0.39 is 0 Å². The van der Waals surface area contributed by atoms with Gasteiger partial charge in [0, 0.05) is 38.9 Å². The Balaban J connectivity index is 0.00000450. The van der Waals surface area contributed by atoms with E-state index in [2.05, 4.69) is 22.9 Å². The Morgan fingerprint density at radius 2 is 1.83 bits per heavy atom. The summed E-state index contributed by atoms with van der Waals surface area (Å²) in [6, 6.07) is 7.92. The van der Waals surface area contributed by atoms with Gasteiger partial charge in [0.25, 0.3) is 0 Å². The van der Waals surface area contributed by atoms with Crippen LogP contribution in [-0.2, 0) is 16.1 Å². The van der Waals surface area contributed by atoms with E-state index in [9.17, 15) is 4.79 Å². The summed E-state index contributed by atoms with van der Waals surface area (Å²) in [6.07, 6.45) is 7.63. The third-order valence-electron chi connectivity index (χ3n) is 5.61. The van der Waals surface area contributed by atoms with Crippen LogP contribution in [0.1, 0.15) is 64.4 Å². The molecule has 0 radical (unpaired) electrons. The lowest BCUT2D eigenvalue weighted by Crippen LogP contribution is -2.43. The van der Waals surface area contributed by atoms with Crippen molar-refractivity contribution in [1.82, 2.24) is 10.6 Å². The summed E-state index contributed by atoms with van der Waals surface area (Å²) in [5.41, 5.74) is 2.28. The molecule has 1 saturated carbocycles. The molecule has 1 fully saturated rings. The highest BCUT2D eigenvalue weighted by atomic mass is 127. The second-order valence-corrected chi connectivity index (χ2v) is 7.99. The molecule has 0 bridgehead atoms. The number of hydrogen-bond acceptors (Lipinski definition) is 3. The van der Waals surface area contributed by atoms with Crippen LogP contribution in [0.15, 0.2) is 29.3 Å². The van der Waals surface area contributed by atoms with Crippen molar-refractivity contribution < 1.29 is 9.53 Å². The van der Waals surface area contributed by atoms with Crippen molar-refractivity contribution in [1.29, 1.82) is 0 Å². The van der Waals surface area contributed by atoms with E-state index in [1.165, 1.54) is 25.7 Å². The van der Waals surface area contributed by atoms with Gasteiger partial charge in [-0.15, -0.1) is 24.0 Å². The molecule has 6 nitrogen and oxygen atoms in total. The maximum atomic E-state index is 11.7. The summed E-state index contributed by atoms with van der Waals surface area (Å²) in [4.78, 5) is 16.5. The fourth-order valence-corrected chi connectivity index (χ4v) is 3.89. The average Bonchev–Trinajstić information content (AvgIpc) is 3.19. The molecule has 2 rings (SSSR count). The fourth-order valence-electron chi connectivity index (χ4n) is 3.89. The standard InChI is InChI=1S/C23H38N4O2.HI/c1-4-8-21(28)27-20-11-9-19(10-12-20)17-25-22(24-5-2)26-18-23(15-16-29-3)13-6-7-14-23;/h9-12H,4-8,13-18H2,1-3H3,(H,27,28)(H2,24,25,26);1H. The minimum atomic E-state index is 0. The molecule has 1 aromatic carbocycles. The van der Waals surface area contributed by atoms with Crippen LogP contribution < -0.4 is 16.0 Å². The van der Waals surface area contributed by atoms with Crippen molar-refractivity contribution in [2.45, 2.75) is 65.3 Å². The number of anilines is 1. The average molecular weight is 530 g/mol. The number of guanidine groups is 1. The van der Waals surface area contributed by atoms with Gasteiger partial charge in [-0.25, -0.2) is 4.99 Å². The molecule has 0 spiro atoms. The summed E-state index contributed by atoms with van der Waals surface area (Å²) in [7, 11) is 1.78. The number of methoxy groups -OCH3 is 1. The zero-order chi connectivity index (χ0) is 21.0. The van der Waals surface area contributed by atoms with Crippen LogP contribution in [0.25, 0.3) is 0 Å². The first-order valence-electron chi connectivity index (χ1n) is 11.0. The monoisotopic (exact) mass is 530 g/mol. The highest BCUT2D eigenvalue weighted by Crippen LogP contribution is 2.40. The van der Waals surface area contributed by atoms with E-state index in [1.54, 1.807) is 7.11 Å². The van der Waals surface area contributed by atoms with Gasteiger partial charge in [-0.05, 0) is 55.7 Å². The third-order valence-corrected chi connectivity index (χ3v) is 5.61. The summed E-state index contributed by atoms with van der Waals surface area (Å²) < 4.78 is 5.34. The van der Waals surface area contributed by atoms with Crippen LogP contribution in [0.2, 0.25) is 0 Å². The smallest absolute Gasteiger partial charge is 0.224 e. The number of rotatable bonds is 11. The Morgan fingerprint density at radius 1 is 1.13 bits per heavy atom. The third kappa shape index (κ3) is 9.20. The highest BCUT2D eigenvalue weighted by Gasteiger charge is 2.33. The Labute approximate surface area is 199 Å². The summed E-state index contributed by atoms with van der Waals surface area (Å²) in [5.74, 6) is 0.919. The molecule has 0 atom stereocenters. The zero-order valence-corrected chi connectivity index (χ0v) is 21.1. The Hall–Kier alpha value is -1.35. The number of hydrogen-bond donors (Lipinski definition) is 3. The Kier molecular flexibility index (Phi) is 13.0. The van der Waals surface area contributed by atoms with Crippen molar-refractivity contribution in [3.05, 3.63) is 29.8 Å². The number of nitrogens with one attached hydrogen (secondary N) is 3. The van der Waals surface area contributed by atoms with Gasteiger partial charge < -0.3 is 20.7 Å². The molecule has 170 valence electrons. The molecule has 0 aliphatic heterocycles. The van der Waals surface area contributed by atoms with Crippen LogP contribution >= 0.6 is 24.0 Å². The van der Waals surface area contributed by atoms with Crippen LogP contribution in [0.5, 0.6) is 0 Å². The van der Waals surface area contributed by atoms with E-state index in [0.717, 1.165) is 49.7 Å². The first-order valence-corrected chi connectivity index (χ1v) is 11.0. The van der Waals surface area contributed by atoms with Gasteiger partial charge in [0.1, 0.15) is 0 Å². The van der Waals surface area contributed by atoms with Crippen LogP contribution in [0.3, 0.4) is 0 Å². The summed E-state index contributed by atoms with van der Waals surface area (Å²) in [6.45, 7) is 7.27. The second kappa shape index (κ2) is 14.6. The summed E-state index contributed by atoms with van der Waals surface area (Å²) in [5, 5.41) is 9.83. The number of ether oxygens (including phenoxy) is 1. The van der Waals surface area contributed by atoms with Gasteiger partial charge in [0.05, 0.1) is 6.54 Å². The predicted octanol–water partition coefficient (Wildman–Crippen LogP) is 4.70. The lowest BCUT2D eigenvalue weighted by molar-refractivity contribution is -0.116. The molecule has 0 heterocycles. The van der Waals surface area contributed by atoms with Crippen molar-refractivity contribution >= 4 is 41.5 Å².